The van der Waals surface area contributed by atoms with Crippen molar-refractivity contribution in [1.29, 1.82) is 0 Å². The SMILES string of the molecule is Brc1cnc2ccc(NCC3CCCC3)nn12. The van der Waals surface area contributed by atoms with Crippen LogP contribution in [0.2, 0.25) is 0 Å². The maximum atomic E-state index is 4.49. The van der Waals surface area contributed by atoms with E-state index in [-0.39, 0.29) is 0 Å². The van der Waals surface area contributed by atoms with Gasteiger partial charge in [0.25, 0.3) is 0 Å². The Morgan fingerprint density at radius 2 is 2.18 bits per heavy atom. The zero-order chi connectivity index (χ0) is 11.7. The first-order valence-electron chi connectivity index (χ1n) is 6.07. The molecule has 2 aromatic rings. The molecule has 0 aliphatic heterocycles. The van der Waals surface area contributed by atoms with Gasteiger partial charge in [-0.25, -0.2) is 9.50 Å². The lowest BCUT2D eigenvalue weighted by molar-refractivity contribution is 0.578. The summed E-state index contributed by atoms with van der Waals surface area (Å²) < 4.78 is 2.69. The summed E-state index contributed by atoms with van der Waals surface area (Å²) in [5.74, 6) is 1.74. The van der Waals surface area contributed by atoms with Crippen LogP contribution in [-0.4, -0.2) is 21.1 Å². The highest BCUT2D eigenvalue weighted by molar-refractivity contribution is 9.10. The Morgan fingerprint density at radius 1 is 1.35 bits per heavy atom. The molecule has 1 saturated carbocycles. The first kappa shape index (κ1) is 11.0. The number of hydrogen-bond donors (Lipinski definition) is 1. The summed E-state index contributed by atoms with van der Waals surface area (Å²) in [5.41, 5.74) is 0.864. The molecule has 2 heterocycles. The molecule has 0 spiro atoms. The van der Waals surface area contributed by atoms with E-state index in [2.05, 4.69) is 31.3 Å². The van der Waals surface area contributed by atoms with Crippen molar-refractivity contribution in [2.45, 2.75) is 25.7 Å². The highest BCUT2D eigenvalue weighted by Gasteiger charge is 2.14. The Hall–Kier alpha value is -1.10. The zero-order valence-electron chi connectivity index (χ0n) is 9.56. The molecule has 90 valence electrons. The van der Waals surface area contributed by atoms with Gasteiger partial charge in [0.1, 0.15) is 10.4 Å². The summed E-state index contributed by atoms with van der Waals surface area (Å²) in [4.78, 5) is 4.22. The van der Waals surface area contributed by atoms with Gasteiger partial charge < -0.3 is 5.32 Å². The smallest absolute Gasteiger partial charge is 0.154 e. The Labute approximate surface area is 109 Å². The Bertz CT molecular complexity index is 516. The van der Waals surface area contributed by atoms with E-state index in [1.165, 1.54) is 25.7 Å². The maximum Gasteiger partial charge on any atom is 0.154 e. The molecular weight excluding hydrogens is 280 g/mol. The van der Waals surface area contributed by atoms with Gasteiger partial charge in [-0.3, -0.25) is 0 Å². The highest BCUT2D eigenvalue weighted by atomic mass is 79.9. The number of anilines is 1. The molecule has 2 aromatic heterocycles. The van der Waals surface area contributed by atoms with Crippen molar-refractivity contribution < 1.29 is 0 Å². The number of rotatable bonds is 3. The van der Waals surface area contributed by atoms with Gasteiger partial charge in [0, 0.05) is 6.54 Å². The van der Waals surface area contributed by atoms with Crippen molar-refractivity contribution in [1.82, 2.24) is 14.6 Å². The van der Waals surface area contributed by atoms with Gasteiger partial charge in [0.15, 0.2) is 5.65 Å². The Kier molecular flexibility index (Phi) is 3.01. The van der Waals surface area contributed by atoms with Crippen LogP contribution in [0, 0.1) is 5.92 Å². The fraction of sp³-hybridized carbons (Fsp3) is 0.500. The normalized spacial score (nSPS) is 16.8. The molecule has 1 aliphatic rings. The molecule has 0 radical (unpaired) electrons. The van der Waals surface area contributed by atoms with Crippen LogP contribution in [0.25, 0.3) is 5.65 Å². The number of aromatic nitrogens is 3. The number of hydrogen-bond acceptors (Lipinski definition) is 3. The fourth-order valence-electron chi connectivity index (χ4n) is 2.40. The molecule has 0 amide bonds. The van der Waals surface area contributed by atoms with Crippen LogP contribution in [0.5, 0.6) is 0 Å². The molecule has 5 heteroatoms. The minimum absolute atomic E-state index is 0.818. The van der Waals surface area contributed by atoms with E-state index in [9.17, 15) is 0 Å². The number of imidazole rings is 1. The summed E-state index contributed by atoms with van der Waals surface area (Å²) in [6.45, 7) is 1.03. The molecule has 0 atom stereocenters. The minimum Gasteiger partial charge on any atom is -0.368 e. The monoisotopic (exact) mass is 294 g/mol. The Balaban J connectivity index is 1.73. The molecule has 1 aliphatic carbocycles. The third-order valence-electron chi connectivity index (χ3n) is 3.37. The van der Waals surface area contributed by atoms with Gasteiger partial charge in [-0.1, -0.05) is 12.8 Å². The van der Waals surface area contributed by atoms with Crippen molar-refractivity contribution in [2.24, 2.45) is 5.92 Å². The van der Waals surface area contributed by atoms with Gasteiger partial charge in [-0.2, -0.15) is 0 Å². The molecule has 0 aromatic carbocycles. The molecule has 1 N–H and O–H groups in total. The van der Waals surface area contributed by atoms with Crippen molar-refractivity contribution in [3.05, 3.63) is 22.9 Å². The zero-order valence-corrected chi connectivity index (χ0v) is 11.2. The lowest BCUT2D eigenvalue weighted by Gasteiger charge is -2.10. The van der Waals surface area contributed by atoms with E-state index in [1.807, 2.05) is 12.1 Å². The average Bonchev–Trinajstić information content (AvgIpc) is 2.97. The van der Waals surface area contributed by atoms with E-state index in [0.29, 0.717) is 0 Å². The number of nitrogens with zero attached hydrogens (tertiary/aromatic N) is 3. The van der Waals surface area contributed by atoms with E-state index >= 15 is 0 Å². The van der Waals surface area contributed by atoms with Gasteiger partial charge in [-0.05, 0) is 46.8 Å². The number of nitrogens with one attached hydrogen (secondary N) is 1. The van der Waals surface area contributed by atoms with Crippen LogP contribution in [-0.2, 0) is 0 Å². The van der Waals surface area contributed by atoms with E-state index in [4.69, 9.17) is 0 Å². The summed E-state index contributed by atoms with van der Waals surface area (Å²) in [5, 5.41) is 7.91. The van der Waals surface area contributed by atoms with Crippen molar-refractivity contribution in [2.75, 3.05) is 11.9 Å². The van der Waals surface area contributed by atoms with Crippen LogP contribution in [0.3, 0.4) is 0 Å². The summed E-state index contributed by atoms with van der Waals surface area (Å²) in [7, 11) is 0. The van der Waals surface area contributed by atoms with Gasteiger partial charge in [-0.15, -0.1) is 5.10 Å². The predicted molar refractivity (Wildman–Crippen MR) is 71.1 cm³/mol. The summed E-state index contributed by atoms with van der Waals surface area (Å²) in [6, 6.07) is 3.97. The minimum atomic E-state index is 0.818. The van der Waals surface area contributed by atoms with Crippen LogP contribution >= 0.6 is 15.9 Å². The molecule has 17 heavy (non-hydrogen) atoms. The highest BCUT2D eigenvalue weighted by Crippen LogP contribution is 2.24. The molecule has 0 bridgehead atoms. The molecule has 4 nitrogen and oxygen atoms in total. The lowest BCUT2D eigenvalue weighted by Crippen LogP contribution is -2.12. The first-order valence-corrected chi connectivity index (χ1v) is 6.86. The van der Waals surface area contributed by atoms with Crippen LogP contribution in [0.15, 0.2) is 22.9 Å². The molecule has 1 fully saturated rings. The fourth-order valence-corrected chi connectivity index (χ4v) is 2.77. The van der Waals surface area contributed by atoms with Crippen LogP contribution in [0.1, 0.15) is 25.7 Å². The maximum absolute atomic E-state index is 4.49. The predicted octanol–water partition coefficient (Wildman–Crippen LogP) is 3.09. The summed E-state index contributed by atoms with van der Waals surface area (Å²) >= 11 is 3.43. The van der Waals surface area contributed by atoms with E-state index < -0.39 is 0 Å². The second-order valence-corrected chi connectivity index (χ2v) is 5.41. The van der Waals surface area contributed by atoms with Crippen molar-refractivity contribution in [3.63, 3.8) is 0 Å². The van der Waals surface area contributed by atoms with Crippen molar-refractivity contribution >= 4 is 27.4 Å². The molecule has 0 saturated heterocycles. The van der Waals surface area contributed by atoms with E-state index in [1.54, 1.807) is 10.7 Å². The van der Waals surface area contributed by atoms with Crippen molar-refractivity contribution in [3.8, 4) is 0 Å². The average molecular weight is 295 g/mol. The standard InChI is InChI=1S/C12H15BrN4/c13-10-8-15-12-6-5-11(16-17(10)12)14-7-9-3-1-2-4-9/h5-6,8-9H,1-4,7H2,(H,14,16). The summed E-state index contributed by atoms with van der Waals surface area (Å²) in [6.07, 6.45) is 7.23. The second kappa shape index (κ2) is 4.64. The van der Waals surface area contributed by atoms with Crippen LogP contribution < -0.4 is 5.32 Å². The van der Waals surface area contributed by atoms with Gasteiger partial charge in [0.05, 0.1) is 6.20 Å². The third kappa shape index (κ3) is 2.29. The third-order valence-corrected chi connectivity index (χ3v) is 3.91. The molecule has 3 rings (SSSR count). The number of halogens is 1. The second-order valence-electron chi connectivity index (χ2n) is 4.60. The van der Waals surface area contributed by atoms with Gasteiger partial charge >= 0.3 is 0 Å². The molecular formula is C12H15BrN4. The Morgan fingerprint density at radius 3 is 3.00 bits per heavy atom. The van der Waals surface area contributed by atoms with E-state index in [0.717, 1.165) is 28.5 Å². The van der Waals surface area contributed by atoms with Crippen LogP contribution in [0.4, 0.5) is 5.82 Å². The lowest BCUT2D eigenvalue weighted by atomic mass is 10.1. The first-order chi connectivity index (χ1) is 8.33. The number of fused-ring (bicyclic) bond motifs is 1. The van der Waals surface area contributed by atoms with Gasteiger partial charge in [0.2, 0.25) is 0 Å². The molecule has 0 unspecified atom stereocenters. The quantitative estimate of drug-likeness (QED) is 0.946. The topological polar surface area (TPSA) is 42.2 Å². The largest absolute Gasteiger partial charge is 0.368 e.